The second kappa shape index (κ2) is 10.7. The van der Waals surface area contributed by atoms with Crippen LogP contribution in [0.3, 0.4) is 0 Å². The molecule has 0 saturated heterocycles. The summed E-state index contributed by atoms with van der Waals surface area (Å²) in [5, 5.41) is 5.72. The maximum atomic E-state index is 5.95. The molecular weight excluding hydrogens is 274 g/mol. The normalized spacial score (nSPS) is 12.8. The van der Waals surface area contributed by atoms with Gasteiger partial charge in [-0.2, -0.15) is 0 Å². The third kappa shape index (κ3) is 7.96. The average molecular weight is 302 g/mol. The SMILES string of the molecule is CCCCCCCCCCNC(C)c1csc(Cl)c1. The lowest BCUT2D eigenvalue weighted by Gasteiger charge is -2.12. The van der Waals surface area contributed by atoms with Crippen molar-refractivity contribution in [3.05, 3.63) is 21.3 Å². The van der Waals surface area contributed by atoms with Crippen molar-refractivity contribution in [2.45, 2.75) is 71.3 Å². The molecule has 1 aromatic rings. The summed E-state index contributed by atoms with van der Waals surface area (Å²) in [6.07, 6.45) is 11.0. The second-order valence-electron chi connectivity index (χ2n) is 5.33. The highest BCUT2D eigenvalue weighted by atomic mass is 35.5. The van der Waals surface area contributed by atoms with Crippen LogP contribution < -0.4 is 5.32 Å². The van der Waals surface area contributed by atoms with Crippen molar-refractivity contribution in [3.63, 3.8) is 0 Å². The van der Waals surface area contributed by atoms with Crippen molar-refractivity contribution in [2.75, 3.05) is 6.54 Å². The molecule has 0 fully saturated rings. The number of unbranched alkanes of at least 4 members (excludes halogenated alkanes) is 7. The van der Waals surface area contributed by atoms with Gasteiger partial charge < -0.3 is 5.32 Å². The Balaban J connectivity index is 1.93. The lowest BCUT2D eigenvalue weighted by molar-refractivity contribution is 0.522. The van der Waals surface area contributed by atoms with E-state index in [9.17, 15) is 0 Å². The minimum Gasteiger partial charge on any atom is -0.310 e. The van der Waals surface area contributed by atoms with Crippen LogP contribution in [-0.2, 0) is 0 Å². The van der Waals surface area contributed by atoms with Crippen LogP contribution in [0.1, 0.15) is 76.8 Å². The number of nitrogens with one attached hydrogen (secondary N) is 1. The van der Waals surface area contributed by atoms with E-state index in [2.05, 4.69) is 30.6 Å². The van der Waals surface area contributed by atoms with Crippen LogP contribution in [0.25, 0.3) is 0 Å². The summed E-state index contributed by atoms with van der Waals surface area (Å²) in [7, 11) is 0. The number of hydrogen-bond donors (Lipinski definition) is 1. The van der Waals surface area contributed by atoms with Crippen LogP contribution in [0, 0.1) is 0 Å². The van der Waals surface area contributed by atoms with Gasteiger partial charge in [-0.3, -0.25) is 0 Å². The topological polar surface area (TPSA) is 12.0 Å². The number of thiophene rings is 1. The summed E-state index contributed by atoms with van der Waals surface area (Å²) in [4.78, 5) is 0. The molecule has 0 saturated carbocycles. The molecule has 0 radical (unpaired) electrons. The Morgan fingerprint density at radius 2 is 1.74 bits per heavy atom. The maximum absolute atomic E-state index is 5.95. The van der Waals surface area contributed by atoms with Crippen LogP contribution >= 0.6 is 22.9 Å². The van der Waals surface area contributed by atoms with Crippen molar-refractivity contribution >= 4 is 22.9 Å². The standard InChI is InChI=1S/C16H28ClNS/c1-3-4-5-6-7-8-9-10-11-18-14(2)15-12-16(17)19-13-15/h12-14,18H,3-11H2,1-2H3. The Bertz CT molecular complexity index is 324. The van der Waals surface area contributed by atoms with Gasteiger partial charge >= 0.3 is 0 Å². The van der Waals surface area contributed by atoms with Crippen LogP contribution in [0.4, 0.5) is 0 Å². The Morgan fingerprint density at radius 3 is 2.32 bits per heavy atom. The number of rotatable bonds is 11. The molecule has 1 unspecified atom stereocenters. The molecular formula is C16H28ClNS. The molecule has 0 aromatic carbocycles. The first kappa shape index (κ1) is 17.0. The van der Waals surface area contributed by atoms with E-state index in [0.717, 1.165) is 10.9 Å². The van der Waals surface area contributed by atoms with Crippen molar-refractivity contribution in [2.24, 2.45) is 0 Å². The molecule has 1 heterocycles. The van der Waals surface area contributed by atoms with Crippen molar-refractivity contribution in [1.82, 2.24) is 5.32 Å². The molecule has 1 rings (SSSR count). The van der Waals surface area contributed by atoms with E-state index in [0.29, 0.717) is 6.04 Å². The van der Waals surface area contributed by atoms with E-state index in [1.54, 1.807) is 11.3 Å². The van der Waals surface area contributed by atoms with Crippen LogP contribution in [0.2, 0.25) is 4.34 Å². The zero-order chi connectivity index (χ0) is 13.9. The van der Waals surface area contributed by atoms with Crippen LogP contribution in [0.15, 0.2) is 11.4 Å². The highest BCUT2D eigenvalue weighted by Crippen LogP contribution is 2.24. The molecule has 1 nitrogen and oxygen atoms in total. The molecule has 0 amide bonds. The second-order valence-corrected chi connectivity index (χ2v) is 6.88. The van der Waals surface area contributed by atoms with Gasteiger partial charge in [0.25, 0.3) is 0 Å². The van der Waals surface area contributed by atoms with Gasteiger partial charge in [0.15, 0.2) is 0 Å². The van der Waals surface area contributed by atoms with Crippen LogP contribution in [-0.4, -0.2) is 6.54 Å². The fourth-order valence-corrected chi connectivity index (χ4v) is 3.23. The third-order valence-corrected chi connectivity index (χ3v) is 4.68. The average Bonchev–Trinajstić information content (AvgIpc) is 2.83. The van der Waals surface area contributed by atoms with Gasteiger partial charge in [0, 0.05) is 6.04 Å². The molecule has 1 atom stereocenters. The quantitative estimate of drug-likeness (QED) is 0.480. The van der Waals surface area contributed by atoms with E-state index >= 15 is 0 Å². The van der Waals surface area contributed by atoms with Gasteiger partial charge in [0.2, 0.25) is 0 Å². The van der Waals surface area contributed by atoms with Gasteiger partial charge in [-0.1, -0.05) is 63.5 Å². The largest absolute Gasteiger partial charge is 0.310 e. The number of hydrogen-bond acceptors (Lipinski definition) is 2. The lowest BCUT2D eigenvalue weighted by atomic mass is 10.1. The minimum absolute atomic E-state index is 0.424. The van der Waals surface area contributed by atoms with Gasteiger partial charge in [-0.05, 0) is 36.9 Å². The van der Waals surface area contributed by atoms with E-state index in [1.165, 1.54) is 56.9 Å². The molecule has 3 heteroatoms. The van der Waals surface area contributed by atoms with Gasteiger partial charge in [-0.15, -0.1) is 11.3 Å². The lowest BCUT2D eigenvalue weighted by Crippen LogP contribution is -2.19. The van der Waals surface area contributed by atoms with Crippen molar-refractivity contribution < 1.29 is 0 Å². The summed E-state index contributed by atoms with van der Waals surface area (Å²) in [6.45, 7) is 5.60. The summed E-state index contributed by atoms with van der Waals surface area (Å²) in [5.74, 6) is 0. The maximum Gasteiger partial charge on any atom is 0.0931 e. The first-order valence-corrected chi connectivity index (χ1v) is 8.97. The molecule has 0 spiro atoms. The molecule has 0 aliphatic carbocycles. The molecule has 19 heavy (non-hydrogen) atoms. The zero-order valence-electron chi connectivity index (χ0n) is 12.4. The Hall–Kier alpha value is -0.0500. The van der Waals surface area contributed by atoms with E-state index in [-0.39, 0.29) is 0 Å². The third-order valence-electron chi connectivity index (χ3n) is 3.57. The number of halogens is 1. The molecule has 0 aliphatic heterocycles. The van der Waals surface area contributed by atoms with Crippen molar-refractivity contribution in [3.8, 4) is 0 Å². The smallest absolute Gasteiger partial charge is 0.0931 e. The Labute approximate surface area is 127 Å². The molecule has 1 aromatic heterocycles. The monoisotopic (exact) mass is 301 g/mol. The first-order valence-electron chi connectivity index (χ1n) is 7.71. The van der Waals surface area contributed by atoms with Crippen molar-refractivity contribution in [1.29, 1.82) is 0 Å². The highest BCUT2D eigenvalue weighted by Gasteiger charge is 2.06. The minimum atomic E-state index is 0.424. The van der Waals surface area contributed by atoms with Gasteiger partial charge in [0.05, 0.1) is 4.34 Å². The zero-order valence-corrected chi connectivity index (χ0v) is 14.0. The fraction of sp³-hybridized carbons (Fsp3) is 0.750. The summed E-state index contributed by atoms with van der Waals surface area (Å²) >= 11 is 7.56. The first-order chi connectivity index (χ1) is 9.24. The van der Waals surface area contributed by atoms with E-state index in [4.69, 9.17) is 11.6 Å². The Morgan fingerprint density at radius 1 is 1.11 bits per heavy atom. The van der Waals surface area contributed by atoms with E-state index in [1.807, 2.05) is 0 Å². The molecule has 0 bridgehead atoms. The van der Waals surface area contributed by atoms with E-state index < -0.39 is 0 Å². The predicted molar refractivity (Wildman–Crippen MR) is 88.4 cm³/mol. The van der Waals surface area contributed by atoms with Gasteiger partial charge in [-0.25, -0.2) is 0 Å². The predicted octanol–water partition coefficient (Wildman–Crippen LogP) is 6.19. The molecule has 1 N–H and O–H groups in total. The summed E-state index contributed by atoms with van der Waals surface area (Å²) in [6, 6.07) is 2.49. The Kier molecular flexibility index (Phi) is 9.58. The van der Waals surface area contributed by atoms with Gasteiger partial charge in [0.1, 0.15) is 0 Å². The van der Waals surface area contributed by atoms with Crippen LogP contribution in [0.5, 0.6) is 0 Å². The summed E-state index contributed by atoms with van der Waals surface area (Å²) in [5.41, 5.74) is 1.31. The highest BCUT2D eigenvalue weighted by molar-refractivity contribution is 7.14. The fourth-order valence-electron chi connectivity index (χ4n) is 2.25. The molecule has 0 aliphatic rings. The molecule has 110 valence electrons. The summed E-state index contributed by atoms with van der Waals surface area (Å²) < 4.78 is 0.885.